The SMILES string of the molecule is Cc1c(-c2ccccc2)c(C=O)c(O)c2ccccc12. The third kappa shape index (κ3) is 1.77. The van der Waals surface area contributed by atoms with E-state index in [0.29, 0.717) is 10.9 Å². The van der Waals surface area contributed by atoms with Crippen molar-refractivity contribution in [2.45, 2.75) is 6.92 Å². The van der Waals surface area contributed by atoms with Crippen molar-refractivity contribution in [1.29, 1.82) is 0 Å². The fourth-order valence-electron chi connectivity index (χ4n) is 2.71. The van der Waals surface area contributed by atoms with Gasteiger partial charge in [-0.3, -0.25) is 4.79 Å². The molecule has 0 amide bonds. The summed E-state index contributed by atoms with van der Waals surface area (Å²) in [7, 11) is 0. The Morgan fingerprint density at radius 3 is 2.15 bits per heavy atom. The van der Waals surface area contributed by atoms with Gasteiger partial charge in [-0.2, -0.15) is 0 Å². The van der Waals surface area contributed by atoms with Crippen LogP contribution in [0.15, 0.2) is 54.6 Å². The number of phenols is 1. The van der Waals surface area contributed by atoms with Crippen LogP contribution in [-0.2, 0) is 0 Å². The molecule has 0 saturated carbocycles. The summed E-state index contributed by atoms with van der Waals surface area (Å²) in [6.45, 7) is 1.98. The third-order valence-corrected chi connectivity index (χ3v) is 3.67. The molecule has 0 aliphatic rings. The lowest BCUT2D eigenvalue weighted by Crippen LogP contribution is -1.95. The molecule has 0 aliphatic carbocycles. The van der Waals surface area contributed by atoms with Crippen LogP contribution >= 0.6 is 0 Å². The number of benzene rings is 3. The van der Waals surface area contributed by atoms with E-state index in [4.69, 9.17) is 0 Å². The maximum Gasteiger partial charge on any atom is 0.154 e. The van der Waals surface area contributed by atoms with Gasteiger partial charge in [0.2, 0.25) is 0 Å². The van der Waals surface area contributed by atoms with Crippen molar-refractivity contribution >= 4 is 17.1 Å². The number of carbonyl (C=O) groups is 1. The zero-order valence-electron chi connectivity index (χ0n) is 11.1. The van der Waals surface area contributed by atoms with E-state index in [1.54, 1.807) is 0 Å². The quantitative estimate of drug-likeness (QED) is 0.698. The van der Waals surface area contributed by atoms with Gasteiger partial charge in [0.25, 0.3) is 0 Å². The summed E-state index contributed by atoms with van der Waals surface area (Å²) >= 11 is 0. The van der Waals surface area contributed by atoms with E-state index >= 15 is 0 Å². The topological polar surface area (TPSA) is 37.3 Å². The minimum absolute atomic E-state index is 0.0556. The van der Waals surface area contributed by atoms with Gasteiger partial charge in [-0.25, -0.2) is 0 Å². The standard InChI is InChI=1S/C18H14O2/c1-12-14-9-5-6-10-15(14)18(20)16(11-19)17(12)13-7-3-2-4-8-13/h2-11,20H,1H3. The van der Waals surface area contributed by atoms with Crippen LogP contribution in [0, 0.1) is 6.92 Å². The van der Waals surface area contributed by atoms with E-state index in [1.165, 1.54) is 0 Å². The summed E-state index contributed by atoms with van der Waals surface area (Å²) in [5.74, 6) is 0.0556. The molecule has 0 radical (unpaired) electrons. The number of aryl methyl sites for hydroxylation is 1. The largest absolute Gasteiger partial charge is 0.507 e. The molecule has 0 fully saturated rings. The summed E-state index contributed by atoms with van der Waals surface area (Å²) in [5.41, 5.74) is 3.10. The fraction of sp³-hybridized carbons (Fsp3) is 0.0556. The number of hydrogen-bond donors (Lipinski definition) is 1. The monoisotopic (exact) mass is 262 g/mol. The normalized spacial score (nSPS) is 10.7. The fourth-order valence-corrected chi connectivity index (χ4v) is 2.71. The molecular weight excluding hydrogens is 248 g/mol. The minimum atomic E-state index is 0.0556. The molecule has 0 atom stereocenters. The first-order valence-corrected chi connectivity index (χ1v) is 6.49. The van der Waals surface area contributed by atoms with Crippen molar-refractivity contribution in [1.82, 2.24) is 0 Å². The summed E-state index contributed by atoms with van der Waals surface area (Å²) in [4.78, 5) is 11.5. The Morgan fingerprint density at radius 1 is 0.900 bits per heavy atom. The van der Waals surface area contributed by atoms with Gasteiger partial charge in [-0.1, -0.05) is 54.6 Å². The molecule has 0 bridgehead atoms. The van der Waals surface area contributed by atoms with Crippen LogP contribution in [0.2, 0.25) is 0 Å². The summed E-state index contributed by atoms with van der Waals surface area (Å²) in [6.07, 6.45) is 0.733. The minimum Gasteiger partial charge on any atom is -0.507 e. The van der Waals surface area contributed by atoms with Crippen LogP contribution < -0.4 is 0 Å². The van der Waals surface area contributed by atoms with Gasteiger partial charge < -0.3 is 5.11 Å². The number of fused-ring (bicyclic) bond motifs is 1. The predicted molar refractivity (Wildman–Crippen MR) is 81.2 cm³/mol. The Kier molecular flexibility index (Phi) is 2.99. The van der Waals surface area contributed by atoms with E-state index in [-0.39, 0.29) is 5.75 Å². The zero-order valence-corrected chi connectivity index (χ0v) is 11.1. The molecule has 3 aromatic rings. The third-order valence-electron chi connectivity index (χ3n) is 3.67. The van der Waals surface area contributed by atoms with Crippen molar-refractivity contribution in [2.75, 3.05) is 0 Å². The van der Waals surface area contributed by atoms with Gasteiger partial charge >= 0.3 is 0 Å². The van der Waals surface area contributed by atoms with Gasteiger partial charge in [-0.15, -0.1) is 0 Å². The molecule has 0 aliphatic heterocycles. The van der Waals surface area contributed by atoms with Gasteiger partial charge in [-0.05, 0) is 29.0 Å². The molecule has 0 heterocycles. The molecule has 0 aromatic heterocycles. The Hall–Kier alpha value is -2.61. The van der Waals surface area contributed by atoms with Crippen LogP contribution in [0.4, 0.5) is 0 Å². The molecule has 20 heavy (non-hydrogen) atoms. The molecule has 0 unspecified atom stereocenters. The second-order valence-electron chi connectivity index (χ2n) is 4.79. The highest BCUT2D eigenvalue weighted by atomic mass is 16.3. The zero-order chi connectivity index (χ0) is 14.1. The number of phenolic OH excluding ortho intramolecular Hbond substituents is 1. The van der Waals surface area contributed by atoms with Crippen molar-refractivity contribution in [3.8, 4) is 16.9 Å². The lowest BCUT2D eigenvalue weighted by atomic mass is 9.90. The summed E-state index contributed by atoms with van der Waals surface area (Å²) in [5, 5.41) is 12.1. The molecule has 1 N–H and O–H groups in total. The first-order valence-electron chi connectivity index (χ1n) is 6.49. The Balaban J connectivity index is 2.48. The highest BCUT2D eigenvalue weighted by molar-refractivity contribution is 6.05. The van der Waals surface area contributed by atoms with Crippen LogP contribution in [0.1, 0.15) is 15.9 Å². The average Bonchev–Trinajstić information content (AvgIpc) is 2.51. The molecular formula is C18H14O2. The first-order chi connectivity index (χ1) is 9.74. The first kappa shape index (κ1) is 12.4. The Morgan fingerprint density at radius 2 is 1.50 bits per heavy atom. The number of aldehydes is 1. The lowest BCUT2D eigenvalue weighted by Gasteiger charge is -2.15. The number of hydrogen-bond acceptors (Lipinski definition) is 2. The van der Waals surface area contributed by atoms with Crippen LogP contribution in [-0.4, -0.2) is 11.4 Å². The van der Waals surface area contributed by atoms with Gasteiger partial charge in [0.15, 0.2) is 6.29 Å². The number of rotatable bonds is 2. The lowest BCUT2D eigenvalue weighted by molar-refractivity contribution is 0.112. The highest BCUT2D eigenvalue weighted by Crippen LogP contribution is 2.39. The Labute approximate surface area is 117 Å². The summed E-state index contributed by atoms with van der Waals surface area (Å²) in [6, 6.07) is 17.3. The maximum absolute atomic E-state index is 11.5. The second-order valence-corrected chi connectivity index (χ2v) is 4.79. The van der Waals surface area contributed by atoms with E-state index < -0.39 is 0 Å². The van der Waals surface area contributed by atoms with Gasteiger partial charge in [0.1, 0.15) is 5.75 Å². The van der Waals surface area contributed by atoms with Gasteiger partial charge in [0, 0.05) is 5.39 Å². The van der Waals surface area contributed by atoms with E-state index in [0.717, 1.165) is 28.4 Å². The number of carbonyl (C=O) groups excluding carboxylic acids is 1. The average molecular weight is 262 g/mol. The number of aromatic hydroxyl groups is 1. The molecule has 3 rings (SSSR count). The predicted octanol–water partition coefficient (Wildman–Crippen LogP) is 4.33. The second kappa shape index (κ2) is 4.82. The van der Waals surface area contributed by atoms with E-state index in [9.17, 15) is 9.90 Å². The van der Waals surface area contributed by atoms with Crippen LogP contribution in [0.3, 0.4) is 0 Å². The molecule has 0 saturated heterocycles. The van der Waals surface area contributed by atoms with Crippen LogP contribution in [0.25, 0.3) is 21.9 Å². The van der Waals surface area contributed by atoms with E-state index in [1.807, 2.05) is 61.5 Å². The molecule has 0 spiro atoms. The molecule has 2 nitrogen and oxygen atoms in total. The van der Waals surface area contributed by atoms with Crippen molar-refractivity contribution in [3.05, 3.63) is 65.7 Å². The summed E-state index contributed by atoms with van der Waals surface area (Å²) < 4.78 is 0. The van der Waals surface area contributed by atoms with E-state index in [2.05, 4.69) is 0 Å². The molecule has 98 valence electrons. The Bertz CT molecular complexity index is 789. The van der Waals surface area contributed by atoms with Crippen molar-refractivity contribution in [3.63, 3.8) is 0 Å². The van der Waals surface area contributed by atoms with Crippen molar-refractivity contribution < 1.29 is 9.90 Å². The van der Waals surface area contributed by atoms with Gasteiger partial charge in [0.05, 0.1) is 5.56 Å². The highest BCUT2D eigenvalue weighted by Gasteiger charge is 2.17. The van der Waals surface area contributed by atoms with Crippen molar-refractivity contribution in [2.24, 2.45) is 0 Å². The van der Waals surface area contributed by atoms with Crippen LogP contribution in [0.5, 0.6) is 5.75 Å². The molecule has 2 heteroatoms. The smallest absolute Gasteiger partial charge is 0.154 e. The molecule has 3 aromatic carbocycles. The maximum atomic E-state index is 11.5.